The molecule has 0 saturated carbocycles. The predicted molar refractivity (Wildman–Crippen MR) is 73.8 cm³/mol. The maximum absolute atomic E-state index is 12.1. The summed E-state index contributed by atoms with van der Waals surface area (Å²) in [5, 5.41) is 6.46. The third kappa shape index (κ3) is 3.33. The molecule has 1 amide bonds. The molecule has 0 radical (unpaired) electrons. The monoisotopic (exact) mass is 246 g/mol. The third-order valence-corrected chi connectivity index (χ3v) is 3.58. The lowest BCUT2D eigenvalue weighted by Crippen LogP contribution is -2.31. The van der Waals surface area contributed by atoms with Crippen LogP contribution in [0.2, 0.25) is 0 Å². The molecule has 2 rings (SSSR count). The normalized spacial score (nSPS) is 18.8. The van der Waals surface area contributed by atoms with E-state index in [1.807, 2.05) is 24.3 Å². The fourth-order valence-electron chi connectivity index (χ4n) is 2.51. The zero-order valence-corrected chi connectivity index (χ0v) is 11.0. The Bertz CT molecular complexity index is 397. The summed E-state index contributed by atoms with van der Waals surface area (Å²) in [5.74, 6) is 0.0606. The van der Waals surface area contributed by atoms with E-state index >= 15 is 0 Å². The SMILES string of the molecule is CCc1ccccc1C(=O)NCC[C@@H]1CCCN1. The quantitative estimate of drug-likeness (QED) is 0.835. The molecule has 0 bridgehead atoms. The maximum Gasteiger partial charge on any atom is 0.251 e. The summed E-state index contributed by atoms with van der Waals surface area (Å²) in [6, 6.07) is 8.42. The fourth-order valence-corrected chi connectivity index (χ4v) is 2.51. The molecular formula is C15H22N2O. The molecule has 3 nitrogen and oxygen atoms in total. The van der Waals surface area contributed by atoms with Gasteiger partial charge in [0.25, 0.3) is 5.91 Å². The van der Waals surface area contributed by atoms with Gasteiger partial charge in [-0.25, -0.2) is 0 Å². The van der Waals surface area contributed by atoms with Gasteiger partial charge in [-0.1, -0.05) is 25.1 Å². The first-order valence-electron chi connectivity index (χ1n) is 6.90. The molecule has 1 aromatic carbocycles. The van der Waals surface area contributed by atoms with Crippen LogP contribution in [0.3, 0.4) is 0 Å². The molecule has 0 aliphatic carbocycles. The minimum absolute atomic E-state index is 0.0606. The summed E-state index contributed by atoms with van der Waals surface area (Å²) in [6.45, 7) is 3.96. The lowest BCUT2D eigenvalue weighted by atomic mass is 10.0. The molecule has 1 aromatic rings. The van der Waals surface area contributed by atoms with Crippen molar-refractivity contribution in [1.29, 1.82) is 0 Å². The van der Waals surface area contributed by atoms with Gasteiger partial charge in [0.2, 0.25) is 0 Å². The van der Waals surface area contributed by atoms with Gasteiger partial charge < -0.3 is 10.6 Å². The van der Waals surface area contributed by atoms with Crippen LogP contribution in [0.4, 0.5) is 0 Å². The van der Waals surface area contributed by atoms with E-state index in [2.05, 4.69) is 17.6 Å². The first kappa shape index (κ1) is 13.1. The summed E-state index contributed by atoms with van der Waals surface area (Å²) in [4.78, 5) is 12.1. The van der Waals surface area contributed by atoms with E-state index < -0.39 is 0 Å². The van der Waals surface area contributed by atoms with E-state index in [9.17, 15) is 4.79 Å². The predicted octanol–water partition coefficient (Wildman–Crippen LogP) is 2.12. The number of carbonyl (C=O) groups excluding carboxylic acids is 1. The summed E-state index contributed by atoms with van der Waals surface area (Å²) in [7, 11) is 0. The second kappa shape index (κ2) is 6.55. The Balaban J connectivity index is 1.83. The molecule has 1 fully saturated rings. The van der Waals surface area contributed by atoms with Gasteiger partial charge in [0, 0.05) is 18.2 Å². The van der Waals surface area contributed by atoms with Crippen molar-refractivity contribution in [3.8, 4) is 0 Å². The van der Waals surface area contributed by atoms with Crippen molar-refractivity contribution in [1.82, 2.24) is 10.6 Å². The van der Waals surface area contributed by atoms with Gasteiger partial charge in [-0.3, -0.25) is 4.79 Å². The summed E-state index contributed by atoms with van der Waals surface area (Å²) in [6.07, 6.45) is 4.42. The molecule has 1 heterocycles. The molecule has 3 heteroatoms. The number of benzene rings is 1. The zero-order chi connectivity index (χ0) is 12.8. The van der Waals surface area contributed by atoms with Crippen molar-refractivity contribution in [2.75, 3.05) is 13.1 Å². The Morgan fingerprint density at radius 3 is 3.00 bits per heavy atom. The Kier molecular flexibility index (Phi) is 4.76. The van der Waals surface area contributed by atoms with Crippen LogP contribution < -0.4 is 10.6 Å². The van der Waals surface area contributed by atoms with Crippen molar-refractivity contribution >= 4 is 5.91 Å². The molecule has 1 atom stereocenters. The van der Waals surface area contributed by atoms with Crippen LogP contribution in [-0.4, -0.2) is 25.0 Å². The van der Waals surface area contributed by atoms with E-state index in [4.69, 9.17) is 0 Å². The zero-order valence-electron chi connectivity index (χ0n) is 11.0. The van der Waals surface area contributed by atoms with Crippen LogP contribution >= 0.6 is 0 Å². The standard InChI is InChI=1S/C15H22N2O/c1-2-12-6-3-4-8-14(12)15(18)17-11-9-13-7-5-10-16-13/h3-4,6,8,13,16H,2,5,7,9-11H2,1H3,(H,17,18)/t13-/m0/s1. The van der Waals surface area contributed by atoms with E-state index in [1.54, 1.807) is 0 Å². The Morgan fingerprint density at radius 1 is 1.44 bits per heavy atom. The fraction of sp³-hybridized carbons (Fsp3) is 0.533. The van der Waals surface area contributed by atoms with Crippen molar-refractivity contribution in [3.05, 3.63) is 35.4 Å². The van der Waals surface area contributed by atoms with Gasteiger partial charge in [0.05, 0.1) is 0 Å². The number of amides is 1. The van der Waals surface area contributed by atoms with Crippen LogP contribution in [-0.2, 0) is 6.42 Å². The number of nitrogens with one attached hydrogen (secondary N) is 2. The minimum Gasteiger partial charge on any atom is -0.352 e. The second-order valence-corrected chi connectivity index (χ2v) is 4.85. The van der Waals surface area contributed by atoms with Crippen LogP contribution in [0, 0.1) is 0 Å². The van der Waals surface area contributed by atoms with E-state index in [0.717, 1.165) is 37.1 Å². The van der Waals surface area contributed by atoms with Gasteiger partial charge in [-0.05, 0) is 43.9 Å². The maximum atomic E-state index is 12.1. The van der Waals surface area contributed by atoms with Crippen molar-refractivity contribution in [3.63, 3.8) is 0 Å². The highest BCUT2D eigenvalue weighted by Crippen LogP contribution is 2.10. The van der Waals surface area contributed by atoms with Crippen molar-refractivity contribution in [2.24, 2.45) is 0 Å². The van der Waals surface area contributed by atoms with Crippen LogP contribution in [0.5, 0.6) is 0 Å². The molecular weight excluding hydrogens is 224 g/mol. The average Bonchev–Trinajstić information content (AvgIpc) is 2.91. The van der Waals surface area contributed by atoms with Crippen LogP contribution in [0.1, 0.15) is 42.1 Å². The Hall–Kier alpha value is -1.35. The number of carbonyl (C=O) groups is 1. The number of aryl methyl sites for hydroxylation is 1. The molecule has 2 N–H and O–H groups in total. The Labute approximate surface area is 109 Å². The molecule has 98 valence electrons. The highest BCUT2D eigenvalue weighted by Gasteiger charge is 2.14. The largest absolute Gasteiger partial charge is 0.352 e. The van der Waals surface area contributed by atoms with Crippen molar-refractivity contribution in [2.45, 2.75) is 38.6 Å². The average molecular weight is 246 g/mol. The van der Waals surface area contributed by atoms with E-state index in [-0.39, 0.29) is 5.91 Å². The van der Waals surface area contributed by atoms with Gasteiger partial charge in [0.1, 0.15) is 0 Å². The molecule has 1 aliphatic heterocycles. The lowest BCUT2D eigenvalue weighted by Gasteiger charge is -2.12. The Morgan fingerprint density at radius 2 is 2.28 bits per heavy atom. The molecule has 1 saturated heterocycles. The summed E-state index contributed by atoms with van der Waals surface area (Å²) < 4.78 is 0. The van der Waals surface area contributed by atoms with E-state index in [0.29, 0.717) is 6.04 Å². The van der Waals surface area contributed by atoms with E-state index in [1.165, 1.54) is 12.8 Å². The topological polar surface area (TPSA) is 41.1 Å². The summed E-state index contributed by atoms with van der Waals surface area (Å²) in [5.41, 5.74) is 1.94. The number of hydrogen-bond acceptors (Lipinski definition) is 2. The van der Waals surface area contributed by atoms with Gasteiger partial charge in [-0.2, -0.15) is 0 Å². The molecule has 0 spiro atoms. The van der Waals surface area contributed by atoms with Gasteiger partial charge in [-0.15, -0.1) is 0 Å². The molecule has 0 aromatic heterocycles. The first-order chi connectivity index (χ1) is 8.81. The van der Waals surface area contributed by atoms with Crippen molar-refractivity contribution < 1.29 is 4.79 Å². The molecule has 0 unspecified atom stereocenters. The molecule has 1 aliphatic rings. The summed E-state index contributed by atoms with van der Waals surface area (Å²) >= 11 is 0. The third-order valence-electron chi connectivity index (χ3n) is 3.58. The van der Waals surface area contributed by atoms with Gasteiger partial charge in [0.15, 0.2) is 0 Å². The molecule has 18 heavy (non-hydrogen) atoms. The number of hydrogen-bond donors (Lipinski definition) is 2. The number of rotatable bonds is 5. The lowest BCUT2D eigenvalue weighted by molar-refractivity contribution is 0.0951. The van der Waals surface area contributed by atoms with Crippen LogP contribution in [0.15, 0.2) is 24.3 Å². The smallest absolute Gasteiger partial charge is 0.251 e. The highest BCUT2D eigenvalue weighted by molar-refractivity contribution is 5.95. The van der Waals surface area contributed by atoms with Gasteiger partial charge >= 0.3 is 0 Å². The van der Waals surface area contributed by atoms with Crippen LogP contribution in [0.25, 0.3) is 0 Å². The first-order valence-corrected chi connectivity index (χ1v) is 6.90. The highest BCUT2D eigenvalue weighted by atomic mass is 16.1. The second-order valence-electron chi connectivity index (χ2n) is 4.85. The minimum atomic E-state index is 0.0606.